The zero-order chi connectivity index (χ0) is 31.2. The number of hydrogen-bond acceptors (Lipinski definition) is 6. The van der Waals surface area contributed by atoms with Gasteiger partial charge in [0.05, 0.1) is 6.61 Å². The number of phosphoric ester groups is 1. The molecule has 0 aromatic carbocycles. The molecule has 9 heteroatoms. The molecule has 0 radical (unpaired) electrons. The molecule has 0 spiro atoms. The molecule has 0 amide bonds. The standard InChI is InChI=1S/C33H61O8P/c1-3-5-7-9-11-12-13-14-15-16-17-18-19-20-22-23-25-27-32(34)39-29-31(30-40-42(36,37)38)41-33(35)28-26-24-21-10-8-6-4-2/h17-18,20,22,31H,3-16,19,21,23-30H2,1-2H3,(H2,36,37,38)/b18-17+,22-20+/t31-/m1/s1. The van der Waals surface area contributed by atoms with Crippen LogP contribution in [0.1, 0.15) is 155 Å². The second kappa shape index (κ2) is 29.6. The molecule has 0 rings (SSSR count). The van der Waals surface area contributed by atoms with E-state index in [0.717, 1.165) is 38.5 Å². The molecule has 0 aliphatic heterocycles. The maximum atomic E-state index is 12.2. The van der Waals surface area contributed by atoms with Gasteiger partial charge < -0.3 is 19.3 Å². The van der Waals surface area contributed by atoms with Gasteiger partial charge in [-0.2, -0.15) is 0 Å². The monoisotopic (exact) mass is 616 g/mol. The predicted molar refractivity (Wildman–Crippen MR) is 170 cm³/mol. The average Bonchev–Trinajstić information content (AvgIpc) is 2.95. The van der Waals surface area contributed by atoms with Crippen molar-refractivity contribution < 1.29 is 37.9 Å². The van der Waals surface area contributed by atoms with Crippen molar-refractivity contribution >= 4 is 19.8 Å². The summed E-state index contributed by atoms with van der Waals surface area (Å²) in [5.74, 6) is -0.945. The molecule has 0 saturated heterocycles. The van der Waals surface area contributed by atoms with Crippen molar-refractivity contribution in [2.75, 3.05) is 13.2 Å². The molecule has 42 heavy (non-hydrogen) atoms. The lowest BCUT2D eigenvalue weighted by atomic mass is 10.1. The zero-order valence-electron chi connectivity index (χ0n) is 26.6. The van der Waals surface area contributed by atoms with Gasteiger partial charge in [-0.25, -0.2) is 4.57 Å². The lowest BCUT2D eigenvalue weighted by Crippen LogP contribution is -2.29. The summed E-state index contributed by atoms with van der Waals surface area (Å²) in [7, 11) is -4.74. The first kappa shape index (κ1) is 40.5. The molecule has 0 saturated carbocycles. The first-order valence-electron chi connectivity index (χ1n) is 16.6. The first-order chi connectivity index (χ1) is 20.3. The smallest absolute Gasteiger partial charge is 0.462 e. The van der Waals surface area contributed by atoms with Crippen molar-refractivity contribution in [1.82, 2.24) is 0 Å². The van der Waals surface area contributed by atoms with Gasteiger partial charge in [0.1, 0.15) is 6.61 Å². The summed E-state index contributed by atoms with van der Waals surface area (Å²) in [6, 6.07) is 0. The van der Waals surface area contributed by atoms with Gasteiger partial charge in [0.25, 0.3) is 0 Å². The fourth-order valence-corrected chi connectivity index (χ4v) is 4.83. The second-order valence-electron chi connectivity index (χ2n) is 11.1. The van der Waals surface area contributed by atoms with Crippen LogP contribution in [0.15, 0.2) is 24.3 Å². The van der Waals surface area contributed by atoms with Gasteiger partial charge in [0.2, 0.25) is 0 Å². The molecular formula is C33H61O8P. The van der Waals surface area contributed by atoms with Gasteiger partial charge in [-0.05, 0) is 38.5 Å². The second-order valence-corrected chi connectivity index (χ2v) is 12.4. The molecule has 0 unspecified atom stereocenters. The lowest BCUT2D eigenvalue weighted by Gasteiger charge is -2.18. The van der Waals surface area contributed by atoms with E-state index in [2.05, 4.69) is 42.7 Å². The number of carbonyl (C=O) groups excluding carboxylic acids is 2. The summed E-state index contributed by atoms with van der Waals surface area (Å²) in [5.41, 5.74) is 0. The number of allylic oxidation sites excluding steroid dienone is 4. The van der Waals surface area contributed by atoms with Crippen LogP contribution in [0, 0.1) is 0 Å². The summed E-state index contributed by atoms with van der Waals surface area (Å²) in [5, 5.41) is 0. The minimum Gasteiger partial charge on any atom is -0.462 e. The van der Waals surface area contributed by atoms with Gasteiger partial charge in [0.15, 0.2) is 6.10 Å². The van der Waals surface area contributed by atoms with E-state index < -0.39 is 32.5 Å². The third-order valence-corrected chi connectivity index (χ3v) is 7.46. The van der Waals surface area contributed by atoms with Gasteiger partial charge in [0, 0.05) is 12.8 Å². The molecule has 0 bridgehead atoms. The quantitative estimate of drug-likeness (QED) is 0.0355. The Bertz CT molecular complexity index is 746. The number of esters is 2. The van der Waals surface area contributed by atoms with Crippen LogP contribution in [0.3, 0.4) is 0 Å². The highest BCUT2D eigenvalue weighted by Crippen LogP contribution is 2.35. The Kier molecular flexibility index (Phi) is 28.6. The molecule has 0 aromatic rings. The van der Waals surface area contributed by atoms with Crippen LogP contribution in [0.5, 0.6) is 0 Å². The maximum Gasteiger partial charge on any atom is 0.469 e. The van der Waals surface area contributed by atoms with Crippen LogP contribution < -0.4 is 0 Å². The predicted octanol–water partition coefficient (Wildman–Crippen LogP) is 9.29. The number of hydrogen-bond donors (Lipinski definition) is 2. The first-order valence-corrected chi connectivity index (χ1v) is 18.2. The molecule has 8 nitrogen and oxygen atoms in total. The largest absolute Gasteiger partial charge is 0.469 e. The number of phosphoric acid groups is 1. The Morgan fingerprint density at radius 3 is 1.64 bits per heavy atom. The van der Waals surface area contributed by atoms with E-state index in [1.165, 1.54) is 77.0 Å². The fourth-order valence-electron chi connectivity index (χ4n) is 4.47. The van der Waals surface area contributed by atoms with E-state index >= 15 is 0 Å². The Labute approximate surface area is 256 Å². The van der Waals surface area contributed by atoms with Crippen molar-refractivity contribution in [3.63, 3.8) is 0 Å². The van der Waals surface area contributed by atoms with Gasteiger partial charge >= 0.3 is 19.8 Å². The Morgan fingerprint density at radius 2 is 1.10 bits per heavy atom. The van der Waals surface area contributed by atoms with Crippen LogP contribution in [-0.4, -0.2) is 41.0 Å². The SMILES string of the molecule is CCCCCCCCCCC/C=C/C/C=C/CCCC(=O)OC[C@H](COP(=O)(O)O)OC(=O)CCCCCCCCC. The summed E-state index contributed by atoms with van der Waals surface area (Å²) in [4.78, 5) is 42.3. The minimum atomic E-state index is -4.74. The highest BCUT2D eigenvalue weighted by atomic mass is 31.2. The fraction of sp³-hybridized carbons (Fsp3) is 0.818. The molecule has 0 fully saturated rings. The van der Waals surface area contributed by atoms with E-state index in [-0.39, 0.29) is 19.4 Å². The van der Waals surface area contributed by atoms with Crippen LogP contribution in [-0.2, 0) is 28.2 Å². The molecule has 0 heterocycles. The highest BCUT2D eigenvalue weighted by Gasteiger charge is 2.22. The number of unbranched alkanes of at least 4 members (excludes halogenated alkanes) is 16. The van der Waals surface area contributed by atoms with Crippen molar-refractivity contribution in [2.24, 2.45) is 0 Å². The van der Waals surface area contributed by atoms with Crippen LogP contribution in [0.25, 0.3) is 0 Å². The summed E-state index contributed by atoms with van der Waals surface area (Å²) in [6.45, 7) is 3.57. The zero-order valence-corrected chi connectivity index (χ0v) is 27.5. The molecular weight excluding hydrogens is 555 g/mol. The van der Waals surface area contributed by atoms with E-state index in [0.29, 0.717) is 12.8 Å². The van der Waals surface area contributed by atoms with Gasteiger partial charge in [-0.1, -0.05) is 128 Å². The van der Waals surface area contributed by atoms with Crippen molar-refractivity contribution in [3.05, 3.63) is 24.3 Å². The Hall–Kier alpha value is -1.47. The minimum absolute atomic E-state index is 0.203. The van der Waals surface area contributed by atoms with Crippen molar-refractivity contribution in [2.45, 2.75) is 161 Å². The van der Waals surface area contributed by atoms with E-state index in [4.69, 9.17) is 19.3 Å². The summed E-state index contributed by atoms with van der Waals surface area (Å²) in [6.07, 6.45) is 30.8. The lowest BCUT2D eigenvalue weighted by molar-refractivity contribution is -0.161. The maximum absolute atomic E-state index is 12.2. The Morgan fingerprint density at radius 1 is 0.619 bits per heavy atom. The highest BCUT2D eigenvalue weighted by molar-refractivity contribution is 7.46. The van der Waals surface area contributed by atoms with E-state index in [9.17, 15) is 14.2 Å². The number of rotatable bonds is 30. The molecule has 1 atom stereocenters. The third kappa shape index (κ3) is 31.5. The van der Waals surface area contributed by atoms with Crippen LogP contribution >= 0.6 is 7.82 Å². The van der Waals surface area contributed by atoms with Crippen molar-refractivity contribution in [3.8, 4) is 0 Å². The summed E-state index contributed by atoms with van der Waals surface area (Å²) < 4.78 is 26.0. The van der Waals surface area contributed by atoms with Crippen LogP contribution in [0.4, 0.5) is 0 Å². The van der Waals surface area contributed by atoms with E-state index in [1.54, 1.807) is 0 Å². The van der Waals surface area contributed by atoms with Crippen molar-refractivity contribution in [1.29, 1.82) is 0 Å². The Balaban J connectivity index is 4.01. The molecule has 246 valence electrons. The topological polar surface area (TPSA) is 119 Å². The molecule has 0 aliphatic rings. The molecule has 0 aromatic heterocycles. The third-order valence-electron chi connectivity index (χ3n) is 6.97. The van der Waals surface area contributed by atoms with Gasteiger partial charge in [-0.3, -0.25) is 14.1 Å². The number of carbonyl (C=O) groups is 2. The average molecular weight is 617 g/mol. The van der Waals surface area contributed by atoms with E-state index in [1.807, 2.05) is 0 Å². The number of ether oxygens (including phenoxy) is 2. The normalized spacial score (nSPS) is 12.8. The van der Waals surface area contributed by atoms with Crippen LogP contribution in [0.2, 0.25) is 0 Å². The van der Waals surface area contributed by atoms with Gasteiger partial charge in [-0.15, -0.1) is 0 Å². The summed E-state index contributed by atoms with van der Waals surface area (Å²) >= 11 is 0. The molecule has 0 aliphatic carbocycles. The molecule has 2 N–H and O–H groups in total.